The van der Waals surface area contributed by atoms with Crippen LogP contribution in [0.1, 0.15) is 36.4 Å². The molecule has 3 heterocycles. The highest BCUT2D eigenvalue weighted by Gasteiger charge is 2.47. The SMILES string of the molecule is Cc1c(Cl)cncc1NC(=O)N[C@@H]1CC(=O)N(C2CC2)[C@H]1c1cccnc1. The number of carbonyl (C=O) groups excluding carboxylic acids is 2. The van der Waals surface area contributed by atoms with Crippen LogP contribution >= 0.6 is 11.6 Å². The summed E-state index contributed by atoms with van der Waals surface area (Å²) < 4.78 is 0. The molecular formula is C19H20ClN5O2. The Kier molecular flexibility index (Phi) is 4.70. The summed E-state index contributed by atoms with van der Waals surface area (Å²) >= 11 is 6.06. The number of halogens is 1. The molecule has 2 aromatic heterocycles. The molecule has 1 aliphatic carbocycles. The van der Waals surface area contributed by atoms with Crippen LogP contribution in [0.2, 0.25) is 5.02 Å². The van der Waals surface area contributed by atoms with Crippen molar-refractivity contribution in [2.75, 3.05) is 5.32 Å². The Labute approximate surface area is 162 Å². The van der Waals surface area contributed by atoms with Gasteiger partial charge in [0.25, 0.3) is 0 Å². The largest absolute Gasteiger partial charge is 0.332 e. The molecule has 2 aliphatic rings. The van der Waals surface area contributed by atoms with Gasteiger partial charge in [-0.25, -0.2) is 4.79 Å². The molecule has 2 atom stereocenters. The van der Waals surface area contributed by atoms with Crippen LogP contribution in [-0.2, 0) is 4.79 Å². The molecular weight excluding hydrogens is 366 g/mol. The lowest BCUT2D eigenvalue weighted by Crippen LogP contribution is -2.42. The molecule has 1 aliphatic heterocycles. The number of hydrogen-bond acceptors (Lipinski definition) is 4. The molecule has 27 heavy (non-hydrogen) atoms. The molecule has 2 N–H and O–H groups in total. The Hall–Kier alpha value is -2.67. The van der Waals surface area contributed by atoms with Crippen LogP contribution in [0, 0.1) is 6.92 Å². The van der Waals surface area contributed by atoms with E-state index in [0.717, 1.165) is 24.0 Å². The number of amides is 3. The fraction of sp³-hybridized carbons (Fsp3) is 0.368. The highest BCUT2D eigenvalue weighted by atomic mass is 35.5. The van der Waals surface area contributed by atoms with Crippen LogP contribution in [0.3, 0.4) is 0 Å². The van der Waals surface area contributed by atoms with E-state index in [1.165, 1.54) is 6.20 Å². The Morgan fingerprint density at radius 1 is 1.26 bits per heavy atom. The van der Waals surface area contributed by atoms with Crippen LogP contribution < -0.4 is 10.6 Å². The van der Waals surface area contributed by atoms with Gasteiger partial charge in [-0.05, 0) is 37.0 Å². The summed E-state index contributed by atoms with van der Waals surface area (Å²) in [6.45, 7) is 1.81. The van der Waals surface area contributed by atoms with Gasteiger partial charge in [-0.3, -0.25) is 14.8 Å². The van der Waals surface area contributed by atoms with E-state index in [1.807, 2.05) is 24.0 Å². The first-order chi connectivity index (χ1) is 13.0. The van der Waals surface area contributed by atoms with Crippen molar-refractivity contribution in [3.63, 3.8) is 0 Å². The predicted molar refractivity (Wildman–Crippen MR) is 101 cm³/mol. The summed E-state index contributed by atoms with van der Waals surface area (Å²) in [5, 5.41) is 6.22. The van der Waals surface area contributed by atoms with Gasteiger partial charge in [0.05, 0.1) is 29.0 Å². The third kappa shape index (κ3) is 3.60. The molecule has 1 saturated heterocycles. The Bertz CT molecular complexity index is 872. The van der Waals surface area contributed by atoms with E-state index in [0.29, 0.717) is 10.7 Å². The molecule has 7 nitrogen and oxygen atoms in total. The van der Waals surface area contributed by atoms with Crippen molar-refractivity contribution in [3.8, 4) is 0 Å². The van der Waals surface area contributed by atoms with E-state index < -0.39 is 0 Å². The zero-order valence-corrected chi connectivity index (χ0v) is 15.6. The third-order valence-electron chi connectivity index (χ3n) is 5.05. The second-order valence-corrected chi connectivity index (χ2v) is 7.37. The van der Waals surface area contributed by atoms with Gasteiger partial charge in [-0.2, -0.15) is 0 Å². The van der Waals surface area contributed by atoms with E-state index in [4.69, 9.17) is 11.6 Å². The number of hydrogen-bond donors (Lipinski definition) is 2. The second-order valence-electron chi connectivity index (χ2n) is 6.97. The standard InChI is InChI=1S/C19H20ClN5O2/c1-11-14(20)9-22-10-16(11)24-19(27)23-15-7-17(26)25(13-4-5-13)18(15)12-3-2-6-21-8-12/h2-3,6,8-10,13,15,18H,4-5,7H2,1H3,(H2,23,24,27)/t15-,18+/m1/s1. The molecule has 0 bridgehead atoms. The van der Waals surface area contributed by atoms with Gasteiger partial charge in [0.1, 0.15) is 0 Å². The highest BCUT2D eigenvalue weighted by molar-refractivity contribution is 6.31. The molecule has 4 rings (SSSR count). The highest BCUT2D eigenvalue weighted by Crippen LogP contribution is 2.41. The van der Waals surface area contributed by atoms with Crippen molar-refractivity contribution < 1.29 is 9.59 Å². The molecule has 0 aromatic carbocycles. The second kappa shape index (κ2) is 7.15. The molecule has 8 heteroatoms. The van der Waals surface area contributed by atoms with E-state index >= 15 is 0 Å². The number of aromatic nitrogens is 2. The van der Waals surface area contributed by atoms with Gasteiger partial charge in [0.15, 0.2) is 0 Å². The number of pyridine rings is 2. The first kappa shape index (κ1) is 17.7. The monoisotopic (exact) mass is 385 g/mol. The minimum absolute atomic E-state index is 0.0669. The molecule has 1 saturated carbocycles. The van der Waals surface area contributed by atoms with Gasteiger partial charge in [-0.1, -0.05) is 17.7 Å². The summed E-state index contributed by atoms with van der Waals surface area (Å²) in [6.07, 6.45) is 8.83. The van der Waals surface area contributed by atoms with Gasteiger partial charge in [-0.15, -0.1) is 0 Å². The molecule has 0 unspecified atom stereocenters. The zero-order valence-electron chi connectivity index (χ0n) is 14.9. The number of rotatable bonds is 4. The lowest BCUT2D eigenvalue weighted by Gasteiger charge is -2.29. The minimum Gasteiger partial charge on any atom is -0.332 e. The average Bonchev–Trinajstić information content (AvgIpc) is 3.43. The first-order valence-corrected chi connectivity index (χ1v) is 9.31. The summed E-state index contributed by atoms with van der Waals surface area (Å²) in [7, 11) is 0. The number of urea groups is 1. The number of nitrogens with zero attached hydrogens (tertiary/aromatic N) is 3. The van der Waals surface area contributed by atoms with E-state index in [2.05, 4.69) is 20.6 Å². The maximum atomic E-state index is 12.6. The number of nitrogens with one attached hydrogen (secondary N) is 2. The number of anilines is 1. The molecule has 0 radical (unpaired) electrons. The zero-order chi connectivity index (χ0) is 19.0. The number of carbonyl (C=O) groups is 2. The smallest absolute Gasteiger partial charge is 0.319 e. The minimum atomic E-state index is -0.383. The van der Waals surface area contributed by atoms with Gasteiger partial charge >= 0.3 is 6.03 Å². The van der Waals surface area contributed by atoms with Gasteiger partial charge in [0.2, 0.25) is 5.91 Å². The quantitative estimate of drug-likeness (QED) is 0.846. The van der Waals surface area contributed by atoms with Crippen molar-refractivity contribution in [2.24, 2.45) is 0 Å². The van der Waals surface area contributed by atoms with Crippen molar-refractivity contribution in [1.82, 2.24) is 20.2 Å². The van der Waals surface area contributed by atoms with Gasteiger partial charge < -0.3 is 15.5 Å². The Morgan fingerprint density at radius 2 is 2.07 bits per heavy atom. The summed E-state index contributed by atoms with van der Waals surface area (Å²) in [6, 6.07) is 3.14. The summed E-state index contributed by atoms with van der Waals surface area (Å²) in [5.41, 5.74) is 2.22. The van der Waals surface area contributed by atoms with Crippen molar-refractivity contribution in [2.45, 2.75) is 44.3 Å². The van der Waals surface area contributed by atoms with Crippen molar-refractivity contribution in [1.29, 1.82) is 0 Å². The van der Waals surface area contributed by atoms with E-state index in [-0.39, 0.29) is 36.5 Å². The Balaban J connectivity index is 1.53. The van der Waals surface area contributed by atoms with Gasteiger partial charge in [0, 0.05) is 31.1 Å². The normalized spacial score (nSPS) is 22.0. The molecule has 2 aromatic rings. The molecule has 3 amide bonds. The topological polar surface area (TPSA) is 87.2 Å². The van der Waals surface area contributed by atoms with Crippen LogP contribution in [-0.4, -0.2) is 38.9 Å². The van der Waals surface area contributed by atoms with Crippen LogP contribution in [0.5, 0.6) is 0 Å². The third-order valence-corrected chi connectivity index (χ3v) is 5.43. The summed E-state index contributed by atoms with van der Waals surface area (Å²) in [4.78, 5) is 35.3. The Morgan fingerprint density at radius 3 is 2.78 bits per heavy atom. The maximum Gasteiger partial charge on any atom is 0.319 e. The first-order valence-electron chi connectivity index (χ1n) is 8.93. The van der Waals surface area contributed by atoms with Crippen LogP contribution in [0.4, 0.5) is 10.5 Å². The fourth-order valence-electron chi connectivity index (χ4n) is 3.56. The van der Waals surface area contributed by atoms with Crippen LogP contribution in [0.15, 0.2) is 36.9 Å². The molecule has 140 valence electrons. The fourth-order valence-corrected chi connectivity index (χ4v) is 3.72. The molecule has 2 fully saturated rings. The lowest BCUT2D eigenvalue weighted by molar-refractivity contribution is -0.129. The summed E-state index contributed by atoms with van der Waals surface area (Å²) in [5.74, 6) is 0.0669. The van der Waals surface area contributed by atoms with Crippen molar-refractivity contribution >= 4 is 29.2 Å². The predicted octanol–water partition coefficient (Wildman–Crippen LogP) is 3.06. The van der Waals surface area contributed by atoms with Crippen molar-refractivity contribution in [3.05, 3.63) is 53.1 Å². The number of likely N-dealkylation sites (tertiary alicyclic amines) is 1. The van der Waals surface area contributed by atoms with Crippen LogP contribution in [0.25, 0.3) is 0 Å². The van der Waals surface area contributed by atoms with E-state index in [1.54, 1.807) is 18.6 Å². The lowest BCUT2D eigenvalue weighted by atomic mass is 10.0. The maximum absolute atomic E-state index is 12.6. The average molecular weight is 386 g/mol. The van der Waals surface area contributed by atoms with E-state index in [9.17, 15) is 9.59 Å². The molecule has 0 spiro atoms.